The van der Waals surface area contributed by atoms with E-state index in [0.717, 1.165) is 34.7 Å². The highest BCUT2D eigenvalue weighted by molar-refractivity contribution is 9.10. The second kappa shape index (κ2) is 6.14. The van der Waals surface area contributed by atoms with E-state index in [2.05, 4.69) is 29.8 Å². The Kier molecular flexibility index (Phi) is 5.13. The molecule has 0 amide bonds. The van der Waals surface area contributed by atoms with E-state index in [1.807, 2.05) is 19.1 Å². The molecular formula is C13H20BrNO. The Morgan fingerprint density at radius 2 is 2.06 bits per heavy atom. The highest BCUT2D eigenvalue weighted by atomic mass is 79.9. The molecule has 0 radical (unpaired) electrons. The standard InChI is InChI=1S/C13H20BrNO/c1-9(2)5-4-6-16-13-10(3)7-11(14)8-12(13)15/h7-9H,4-6,15H2,1-3H3. The van der Waals surface area contributed by atoms with Crippen molar-refractivity contribution >= 4 is 21.6 Å². The molecule has 16 heavy (non-hydrogen) atoms. The molecule has 3 heteroatoms. The van der Waals surface area contributed by atoms with Crippen LogP contribution in [-0.4, -0.2) is 6.61 Å². The second-order valence-electron chi connectivity index (χ2n) is 4.53. The molecule has 1 aromatic carbocycles. The van der Waals surface area contributed by atoms with E-state index in [1.54, 1.807) is 0 Å². The molecule has 90 valence electrons. The van der Waals surface area contributed by atoms with E-state index in [4.69, 9.17) is 10.5 Å². The van der Waals surface area contributed by atoms with Gasteiger partial charge in [0, 0.05) is 4.47 Å². The van der Waals surface area contributed by atoms with Crippen LogP contribution in [0.15, 0.2) is 16.6 Å². The van der Waals surface area contributed by atoms with Gasteiger partial charge < -0.3 is 10.5 Å². The van der Waals surface area contributed by atoms with E-state index in [0.29, 0.717) is 5.69 Å². The summed E-state index contributed by atoms with van der Waals surface area (Å²) in [6.45, 7) is 7.20. The van der Waals surface area contributed by atoms with Crippen molar-refractivity contribution in [2.45, 2.75) is 33.6 Å². The zero-order valence-electron chi connectivity index (χ0n) is 10.2. The summed E-state index contributed by atoms with van der Waals surface area (Å²) in [5.41, 5.74) is 7.69. The summed E-state index contributed by atoms with van der Waals surface area (Å²) in [5.74, 6) is 1.55. The number of nitrogens with two attached hydrogens (primary N) is 1. The maximum absolute atomic E-state index is 5.91. The van der Waals surface area contributed by atoms with E-state index < -0.39 is 0 Å². The number of benzene rings is 1. The smallest absolute Gasteiger partial charge is 0.145 e. The van der Waals surface area contributed by atoms with E-state index in [1.165, 1.54) is 6.42 Å². The zero-order valence-corrected chi connectivity index (χ0v) is 11.8. The van der Waals surface area contributed by atoms with Crippen molar-refractivity contribution in [3.05, 3.63) is 22.2 Å². The van der Waals surface area contributed by atoms with Gasteiger partial charge in [-0.05, 0) is 43.4 Å². The first-order chi connectivity index (χ1) is 7.50. The number of rotatable bonds is 5. The van der Waals surface area contributed by atoms with Crippen LogP contribution in [0.5, 0.6) is 5.75 Å². The topological polar surface area (TPSA) is 35.2 Å². The van der Waals surface area contributed by atoms with Crippen molar-refractivity contribution in [1.29, 1.82) is 0 Å². The van der Waals surface area contributed by atoms with Crippen LogP contribution in [0.25, 0.3) is 0 Å². The Hall–Kier alpha value is -0.700. The number of aryl methyl sites for hydroxylation is 1. The lowest BCUT2D eigenvalue weighted by molar-refractivity contribution is 0.297. The van der Waals surface area contributed by atoms with Gasteiger partial charge in [0.15, 0.2) is 0 Å². The number of hydrogen-bond donors (Lipinski definition) is 1. The van der Waals surface area contributed by atoms with Crippen molar-refractivity contribution in [1.82, 2.24) is 0 Å². The first-order valence-corrected chi connectivity index (χ1v) is 6.48. The van der Waals surface area contributed by atoms with Crippen molar-refractivity contribution in [2.24, 2.45) is 5.92 Å². The van der Waals surface area contributed by atoms with Gasteiger partial charge in [-0.1, -0.05) is 29.8 Å². The van der Waals surface area contributed by atoms with Gasteiger partial charge in [-0.15, -0.1) is 0 Å². The lowest BCUT2D eigenvalue weighted by Gasteiger charge is -2.12. The van der Waals surface area contributed by atoms with Crippen LogP contribution in [0.3, 0.4) is 0 Å². The molecule has 1 aromatic rings. The predicted octanol–water partition coefficient (Wildman–Crippen LogP) is 4.15. The molecule has 0 saturated carbocycles. The molecule has 2 nitrogen and oxygen atoms in total. The van der Waals surface area contributed by atoms with Crippen LogP contribution in [0.4, 0.5) is 5.69 Å². The van der Waals surface area contributed by atoms with Crippen LogP contribution in [0, 0.1) is 12.8 Å². The molecule has 0 aliphatic heterocycles. The van der Waals surface area contributed by atoms with Crippen LogP contribution in [0.1, 0.15) is 32.3 Å². The first kappa shape index (κ1) is 13.4. The van der Waals surface area contributed by atoms with E-state index >= 15 is 0 Å². The van der Waals surface area contributed by atoms with Gasteiger partial charge in [0.1, 0.15) is 5.75 Å². The molecule has 0 bridgehead atoms. The monoisotopic (exact) mass is 285 g/mol. The minimum Gasteiger partial charge on any atom is -0.491 e. The molecule has 0 aliphatic rings. The summed E-state index contributed by atoms with van der Waals surface area (Å²) >= 11 is 3.41. The average molecular weight is 286 g/mol. The van der Waals surface area contributed by atoms with Gasteiger partial charge in [0.2, 0.25) is 0 Å². The lowest BCUT2D eigenvalue weighted by atomic mass is 10.1. The second-order valence-corrected chi connectivity index (χ2v) is 5.44. The molecule has 2 N–H and O–H groups in total. The summed E-state index contributed by atoms with van der Waals surface area (Å²) in [4.78, 5) is 0. The Balaban J connectivity index is 2.54. The molecule has 0 aliphatic carbocycles. The number of nitrogen functional groups attached to an aromatic ring is 1. The van der Waals surface area contributed by atoms with Gasteiger partial charge >= 0.3 is 0 Å². The van der Waals surface area contributed by atoms with Crippen LogP contribution in [0.2, 0.25) is 0 Å². The van der Waals surface area contributed by atoms with Gasteiger partial charge in [-0.3, -0.25) is 0 Å². The van der Waals surface area contributed by atoms with Crippen molar-refractivity contribution in [3.8, 4) is 5.75 Å². The third-order valence-electron chi connectivity index (χ3n) is 2.44. The molecule has 0 saturated heterocycles. The van der Waals surface area contributed by atoms with Gasteiger partial charge in [-0.25, -0.2) is 0 Å². The van der Waals surface area contributed by atoms with Crippen LogP contribution >= 0.6 is 15.9 Å². The summed E-state index contributed by atoms with van der Waals surface area (Å²) in [6, 6.07) is 3.90. The quantitative estimate of drug-likeness (QED) is 0.651. The van der Waals surface area contributed by atoms with Crippen molar-refractivity contribution < 1.29 is 4.74 Å². The molecule has 1 rings (SSSR count). The van der Waals surface area contributed by atoms with Gasteiger partial charge in [0.25, 0.3) is 0 Å². The molecule has 0 unspecified atom stereocenters. The maximum atomic E-state index is 5.91. The summed E-state index contributed by atoms with van der Waals surface area (Å²) in [7, 11) is 0. The zero-order chi connectivity index (χ0) is 12.1. The molecule has 0 fully saturated rings. The minimum absolute atomic E-state index is 0.705. The van der Waals surface area contributed by atoms with E-state index in [-0.39, 0.29) is 0 Å². The van der Waals surface area contributed by atoms with Crippen LogP contribution in [-0.2, 0) is 0 Å². The molecule has 0 atom stereocenters. The molecular weight excluding hydrogens is 266 g/mol. The average Bonchev–Trinajstić information content (AvgIpc) is 2.14. The molecule has 0 aromatic heterocycles. The molecule has 0 heterocycles. The Morgan fingerprint density at radius 3 is 2.62 bits per heavy atom. The first-order valence-electron chi connectivity index (χ1n) is 5.69. The van der Waals surface area contributed by atoms with Crippen molar-refractivity contribution in [3.63, 3.8) is 0 Å². The highest BCUT2D eigenvalue weighted by Crippen LogP contribution is 2.30. The third-order valence-corrected chi connectivity index (χ3v) is 2.90. The SMILES string of the molecule is Cc1cc(Br)cc(N)c1OCCCC(C)C. The lowest BCUT2D eigenvalue weighted by Crippen LogP contribution is -2.03. The van der Waals surface area contributed by atoms with Gasteiger partial charge in [-0.2, -0.15) is 0 Å². The fourth-order valence-corrected chi connectivity index (χ4v) is 2.21. The van der Waals surface area contributed by atoms with E-state index in [9.17, 15) is 0 Å². The highest BCUT2D eigenvalue weighted by Gasteiger charge is 2.06. The largest absolute Gasteiger partial charge is 0.491 e. The van der Waals surface area contributed by atoms with Crippen LogP contribution < -0.4 is 10.5 Å². The summed E-state index contributed by atoms with van der Waals surface area (Å²) < 4.78 is 6.72. The number of halogens is 1. The number of anilines is 1. The Morgan fingerprint density at radius 1 is 1.38 bits per heavy atom. The minimum atomic E-state index is 0.705. The predicted molar refractivity (Wildman–Crippen MR) is 72.9 cm³/mol. The number of hydrogen-bond acceptors (Lipinski definition) is 2. The van der Waals surface area contributed by atoms with Crippen molar-refractivity contribution in [2.75, 3.05) is 12.3 Å². The maximum Gasteiger partial charge on any atom is 0.145 e. The Labute approximate surface area is 106 Å². The fourth-order valence-electron chi connectivity index (χ4n) is 1.62. The normalized spacial score (nSPS) is 10.8. The van der Waals surface area contributed by atoms with Gasteiger partial charge in [0.05, 0.1) is 12.3 Å². The Bertz CT molecular complexity index is 327. The number of ether oxygens (including phenoxy) is 1. The summed E-state index contributed by atoms with van der Waals surface area (Å²) in [5, 5.41) is 0. The summed E-state index contributed by atoms with van der Waals surface area (Å²) in [6.07, 6.45) is 2.27. The molecule has 0 spiro atoms. The third kappa shape index (κ3) is 4.05. The fraction of sp³-hybridized carbons (Fsp3) is 0.538.